The van der Waals surface area contributed by atoms with Crippen molar-refractivity contribution in [2.45, 2.75) is 37.7 Å². The van der Waals surface area contributed by atoms with Crippen LogP contribution in [0, 0.1) is 5.82 Å². The van der Waals surface area contributed by atoms with Crippen LogP contribution in [0.2, 0.25) is 0 Å². The molecule has 5 rings (SSSR count). The minimum atomic E-state index is -4.79. The normalized spacial score (nSPS) is 20.6. The highest BCUT2D eigenvalue weighted by Crippen LogP contribution is 2.40. The second-order valence-electron chi connectivity index (χ2n) is 9.52. The molecule has 2 aliphatic heterocycles. The average molecular weight is 551 g/mol. The molecule has 0 spiro atoms. The second-order valence-corrected chi connectivity index (χ2v) is 9.52. The highest BCUT2D eigenvalue weighted by atomic mass is 19.4. The predicted molar refractivity (Wildman–Crippen MR) is 129 cm³/mol. The summed E-state index contributed by atoms with van der Waals surface area (Å²) in [4.78, 5) is 20.1. The van der Waals surface area contributed by atoms with Gasteiger partial charge in [0.1, 0.15) is 23.5 Å². The Bertz CT molecular complexity index is 1410. The number of benzene rings is 2. The number of carbonyl (C=O) groups excluding carboxylic acids is 1. The number of aromatic nitrogens is 1. The van der Waals surface area contributed by atoms with Crippen molar-refractivity contribution in [2.24, 2.45) is 0 Å². The third-order valence-electron chi connectivity index (χ3n) is 6.81. The largest absolute Gasteiger partial charge is 0.496 e. The van der Waals surface area contributed by atoms with Crippen LogP contribution in [0.1, 0.15) is 29.8 Å². The monoisotopic (exact) mass is 551 g/mol. The first-order chi connectivity index (χ1) is 18.4. The molecule has 0 N–H and O–H groups in total. The maximum Gasteiger partial charge on any atom is 0.416 e. The van der Waals surface area contributed by atoms with Crippen LogP contribution in [0.4, 0.5) is 37.0 Å². The molecule has 1 amide bonds. The minimum Gasteiger partial charge on any atom is -0.496 e. The molecule has 0 aliphatic carbocycles. The molecule has 2 unspecified atom stereocenters. The summed E-state index contributed by atoms with van der Waals surface area (Å²) < 4.78 is 91.8. The van der Waals surface area contributed by atoms with Gasteiger partial charge in [0.25, 0.3) is 5.92 Å². The van der Waals surface area contributed by atoms with Gasteiger partial charge in [-0.15, -0.1) is 0 Å². The maximum absolute atomic E-state index is 14.1. The summed E-state index contributed by atoms with van der Waals surface area (Å²) in [6, 6.07) is 11.6. The number of pyridine rings is 1. The quantitative estimate of drug-likeness (QED) is 0.330. The van der Waals surface area contributed by atoms with Gasteiger partial charge in [-0.05, 0) is 48.9 Å². The van der Waals surface area contributed by atoms with E-state index in [0.29, 0.717) is 28.6 Å². The molecule has 39 heavy (non-hydrogen) atoms. The third-order valence-corrected chi connectivity index (χ3v) is 6.81. The molecule has 0 radical (unpaired) electrons. The highest BCUT2D eigenvalue weighted by molar-refractivity contribution is 5.75. The fourth-order valence-electron chi connectivity index (χ4n) is 4.83. The van der Waals surface area contributed by atoms with Crippen molar-refractivity contribution >= 4 is 11.9 Å². The molecule has 2 fully saturated rings. The number of halogens is 6. The summed E-state index contributed by atoms with van der Waals surface area (Å²) in [5.41, 5.74) is 0.210. The first-order valence-corrected chi connectivity index (χ1v) is 12.0. The van der Waals surface area contributed by atoms with E-state index >= 15 is 0 Å². The summed E-state index contributed by atoms with van der Waals surface area (Å²) in [6.07, 6.45) is -6.80. The number of para-hydroxylation sites is 1. The van der Waals surface area contributed by atoms with Gasteiger partial charge in [0.15, 0.2) is 0 Å². The van der Waals surface area contributed by atoms with Crippen molar-refractivity contribution in [1.82, 2.24) is 9.88 Å². The smallest absolute Gasteiger partial charge is 0.416 e. The van der Waals surface area contributed by atoms with Crippen LogP contribution in [0.25, 0.3) is 11.1 Å². The zero-order chi connectivity index (χ0) is 28.1. The number of ether oxygens (including phenoxy) is 2. The van der Waals surface area contributed by atoms with Gasteiger partial charge in [-0.25, -0.2) is 22.9 Å². The number of amides is 1. The number of alkyl halides is 5. The van der Waals surface area contributed by atoms with E-state index in [1.807, 2.05) is 0 Å². The van der Waals surface area contributed by atoms with Crippen LogP contribution in [0.15, 0.2) is 54.6 Å². The van der Waals surface area contributed by atoms with Gasteiger partial charge >= 0.3 is 12.3 Å². The average Bonchev–Trinajstić information content (AvgIpc) is 3.14. The lowest BCUT2D eigenvalue weighted by atomic mass is 9.99. The predicted octanol–water partition coefficient (Wildman–Crippen LogP) is 6.45. The van der Waals surface area contributed by atoms with E-state index in [2.05, 4.69) is 4.98 Å². The maximum atomic E-state index is 14.1. The molecule has 1 aromatic heterocycles. The summed E-state index contributed by atoms with van der Waals surface area (Å²) in [5.74, 6) is -3.14. The molecule has 3 heterocycles. The molecule has 2 aromatic carbocycles. The summed E-state index contributed by atoms with van der Waals surface area (Å²) in [5, 5.41) is 0. The van der Waals surface area contributed by atoms with Crippen molar-refractivity contribution in [1.29, 1.82) is 0 Å². The number of hydrogen-bond donors (Lipinski definition) is 0. The van der Waals surface area contributed by atoms with Gasteiger partial charge in [-0.1, -0.05) is 18.2 Å². The van der Waals surface area contributed by atoms with Gasteiger partial charge in [-0.2, -0.15) is 13.2 Å². The first-order valence-electron chi connectivity index (χ1n) is 12.0. The number of hydrogen-bond acceptors (Lipinski definition) is 5. The van der Waals surface area contributed by atoms with Crippen LogP contribution in [-0.4, -0.2) is 48.1 Å². The Morgan fingerprint density at radius 2 is 1.79 bits per heavy atom. The Morgan fingerprint density at radius 1 is 1.08 bits per heavy atom. The van der Waals surface area contributed by atoms with Crippen molar-refractivity contribution in [2.75, 3.05) is 25.1 Å². The van der Waals surface area contributed by atoms with Gasteiger partial charge in [0.05, 0.1) is 44.0 Å². The minimum absolute atomic E-state index is 0.139. The van der Waals surface area contributed by atoms with Crippen LogP contribution in [0.3, 0.4) is 0 Å². The van der Waals surface area contributed by atoms with E-state index in [9.17, 15) is 31.1 Å². The molecule has 6 nitrogen and oxygen atoms in total. The Balaban J connectivity index is 1.50. The first kappa shape index (κ1) is 26.6. The highest BCUT2D eigenvalue weighted by Gasteiger charge is 2.45. The van der Waals surface area contributed by atoms with E-state index in [1.54, 1.807) is 43.3 Å². The zero-order valence-corrected chi connectivity index (χ0v) is 20.8. The topological polar surface area (TPSA) is 54.9 Å². The van der Waals surface area contributed by atoms with E-state index in [-0.39, 0.29) is 17.9 Å². The standard InChI is InChI=1S/C27H23F6N3O3/c1-15-24(16-9-17(27(31,32)33)11-18(28)10-16)39-25(37)36(15)12-21-19(20-5-3-4-6-22(20)38-2)7-8-23(34-21)35-13-26(29,30)14-35/h3-11,15,24H,12-14H2,1-2H3. The number of rotatable bonds is 6. The number of nitrogens with zero attached hydrogens (tertiary/aromatic N) is 3. The molecule has 2 atom stereocenters. The van der Waals surface area contributed by atoms with Crippen LogP contribution in [-0.2, 0) is 17.5 Å². The van der Waals surface area contributed by atoms with Gasteiger partial charge < -0.3 is 14.4 Å². The molecular weight excluding hydrogens is 528 g/mol. The van der Waals surface area contributed by atoms with Gasteiger partial charge in [-0.3, -0.25) is 4.90 Å². The second kappa shape index (κ2) is 9.65. The molecule has 0 saturated carbocycles. The number of methoxy groups -OCH3 is 1. The van der Waals surface area contributed by atoms with E-state index in [1.165, 1.54) is 16.9 Å². The van der Waals surface area contributed by atoms with E-state index in [4.69, 9.17) is 9.47 Å². The third kappa shape index (κ3) is 5.19. The number of cyclic esters (lactones) is 1. The molecule has 2 aliphatic rings. The fourth-order valence-corrected chi connectivity index (χ4v) is 4.83. The van der Waals surface area contributed by atoms with Crippen LogP contribution in [0.5, 0.6) is 5.75 Å². The number of anilines is 1. The zero-order valence-electron chi connectivity index (χ0n) is 20.8. The van der Waals surface area contributed by atoms with Gasteiger partial charge in [0, 0.05) is 11.1 Å². The molecule has 0 bridgehead atoms. The van der Waals surface area contributed by atoms with Crippen molar-refractivity contribution in [3.8, 4) is 16.9 Å². The van der Waals surface area contributed by atoms with Crippen LogP contribution < -0.4 is 9.64 Å². The Hall–Kier alpha value is -3.96. The van der Waals surface area contributed by atoms with Crippen molar-refractivity contribution in [3.63, 3.8) is 0 Å². The Morgan fingerprint density at radius 3 is 2.46 bits per heavy atom. The van der Waals surface area contributed by atoms with E-state index in [0.717, 1.165) is 12.1 Å². The SMILES string of the molecule is COc1ccccc1-c1ccc(N2CC(F)(F)C2)nc1CN1C(=O)OC(c2cc(F)cc(C(F)(F)F)c2)C1C. The number of carbonyl (C=O) groups is 1. The lowest BCUT2D eigenvalue weighted by Gasteiger charge is -2.39. The Kier molecular flexibility index (Phi) is 6.59. The molecule has 2 saturated heterocycles. The lowest BCUT2D eigenvalue weighted by Crippen LogP contribution is -2.56. The van der Waals surface area contributed by atoms with Crippen molar-refractivity contribution in [3.05, 3.63) is 77.2 Å². The van der Waals surface area contributed by atoms with Gasteiger partial charge in [0.2, 0.25) is 0 Å². The summed E-state index contributed by atoms with van der Waals surface area (Å²) in [7, 11) is 1.49. The fraction of sp³-hybridized carbons (Fsp3) is 0.333. The summed E-state index contributed by atoms with van der Waals surface area (Å²) >= 11 is 0. The van der Waals surface area contributed by atoms with Crippen molar-refractivity contribution < 1.29 is 40.6 Å². The molecule has 3 aromatic rings. The molecule has 206 valence electrons. The van der Waals surface area contributed by atoms with E-state index < -0.39 is 54.8 Å². The Labute approximate surface area is 219 Å². The molecular formula is C27H23F6N3O3. The lowest BCUT2D eigenvalue weighted by molar-refractivity contribution is -0.137. The molecule has 12 heteroatoms. The van der Waals surface area contributed by atoms with Crippen LogP contribution >= 0.6 is 0 Å². The summed E-state index contributed by atoms with van der Waals surface area (Å²) in [6.45, 7) is 0.414.